The third kappa shape index (κ3) is 7.21. The molecule has 5 heteroatoms. The molecule has 1 unspecified atom stereocenters. The van der Waals surface area contributed by atoms with Gasteiger partial charge in [-0.15, -0.1) is 0 Å². The summed E-state index contributed by atoms with van der Waals surface area (Å²) in [5.41, 5.74) is 0. The van der Waals surface area contributed by atoms with Crippen molar-refractivity contribution in [2.75, 3.05) is 33.9 Å². The summed E-state index contributed by atoms with van der Waals surface area (Å²) in [5.74, 6) is -0.181. The van der Waals surface area contributed by atoms with Gasteiger partial charge in [-0.2, -0.15) is 0 Å². The van der Waals surface area contributed by atoms with Gasteiger partial charge in [0.25, 0.3) is 0 Å². The van der Waals surface area contributed by atoms with Gasteiger partial charge in [-0.05, 0) is 13.0 Å². The first-order chi connectivity index (χ1) is 6.22. The van der Waals surface area contributed by atoms with Crippen molar-refractivity contribution in [1.82, 2.24) is 5.32 Å². The molecule has 4 nitrogen and oxygen atoms in total. The van der Waals surface area contributed by atoms with E-state index in [9.17, 15) is 4.79 Å². The standard InChI is InChI=1S/C8H16INO3/c1-12-5-3-4-10-6-7(9)8(11)13-2/h7,10H,3-6H2,1-2H3. The van der Waals surface area contributed by atoms with E-state index in [1.807, 2.05) is 0 Å². The van der Waals surface area contributed by atoms with Crippen LogP contribution in [0.25, 0.3) is 0 Å². The Hall–Kier alpha value is 0.120. The predicted molar refractivity (Wildman–Crippen MR) is 59.2 cm³/mol. The number of alkyl halides is 1. The molecule has 1 atom stereocenters. The van der Waals surface area contributed by atoms with E-state index in [0.29, 0.717) is 6.54 Å². The number of ether oxygens (including phenoxy) is 2. The maximum atomic E-state index is 10.9. The van der Waals surface area contributed by atoms with Crippen LogP contribution in [0.4, 0.5) is 0 Å². The number of nitrogens with one attached hydrogen (secondary N) is 1. The zero-order valence-corrected chi connectivity index (χ0v) is 10.2. The van der Waals surface area contributed by atoms with E-state index < -0.39 is 0 Å². The fourth-order valence-corrected chi connectivity index (χ4v) is 1.35. The molecule has 0 heterocycles. The number of hydrogen-bond donors (Lipinski definition) is 1. The molecule has 1 N–H and O–H groups in total. The Bertz CT molecular complexity index is 143. The molecule has 78 valence electrons. The quantitative estimate of drug-likeness (QED) is 0.324. The fourth-order valence-electron chi connectivity index (χ4n) is 0.782. The first-order valence-electron chi connectivity index (χ1n) is 4.14. The third-order valence-electron chi connectivity index (χ3n) is 1.48. The second kappa shape index (κ2) is 8.71. The van der Waals surface area contributed by atoms with Gasteiger partial charge in [-0.1, -0.05) is 22.6 Å². The minimum Gasteiger partial charge on any atom is -0.468 e. The summed E-state index contributed by atoms with van der Waals surface area (Å²) >= 11 is 2.06. The summed E-state index contributed by atoms with van der Waals surface area (Å²) in [4.78, 5) is 10.9. The molecule has 13 heavy (non-hydrogen) atoms. The molecule has 0 saturated heterocycles. The Morgan fingerprint density at radius 1 is 1.54 bits per heavy atom. The molecule has 0 radical (unpaired) electrons. The molecule has 0 aliphatic carbocycles. The van der Waals surface area contributed by atoms with Crippen LogP contribution in [0.15, 0.2) is 0 Å². The molecule has 0 bridgehead atoms. The fraction of sp³-hybridized carbons (Fsp3) is 0.875. The van der Waals surface area contributed by atoms with Gasteiger partial charge in [0.1, 0.15) is 3.92 Å². The molecule has 0 amide bonds. The van der Waals surface area contributed by atoms with Gasteiger partial charge in [-0.25, -0.2) is 0 Å². The largest absolute Gasteiger partial charge is 0.468 e. The monoisotopic (exact) mass is 301 g/mol. The second-order valence-electron chi connectivity index (χ2n) is 2.54. The molecule has 0 spiro atoms. The summed E-state index contributed by atoms with van der Waals surface area (Å²) in [6.07, 6.45) is 0.959. The van der Waals surface area contributed by atoms with Gasteiger partial charge in [0.2, 0.25) is 0 Å². The Labute approximate surface area is 92.5 Å². The number of esters is 1. The van der Waals surface area contributed by atoms with Crippen molar-refractivity contribution in [3.8, 4) is 0 Å². The molecule has 0 aromatic heterocycles. The van der Waals surface area contributed by atoms with E-state index in [2.05, 4.69) is 32.6 Å². The van der Waals surface area contributed by atoms with Gasteiger partial charge in [-0.3, -0.25) is 4.79 Å². The van der Waals surface area contributed by atoms with E-state index in [0.717, 1.165) is 19.6 Å². The maximum Gasteiger partial charge on any atom is 0.319 e. The van der Waals surface area contributed by atoms with Crippen LogP contribution in [0.3, 0.4) is 0 Å². The van der Waals surface area contributed by atoms with Crippen LogP contribution in [0, 0.1) is 0 Å². The topological polar surface area (TPSA) is 47.6 Å². The van der Waals surface area contributed by atoms with Crippen molar-refractivity contribution in [3.63, 3.8) is 0 Å². The molecule has 0 aromatic rings. The lowest BCUT2D eigenvalue weighted by atomic mass is 10.4. The molecule has 0 aromatic carbocycles. The van der Waals surface area contributed by atoms with Crippen LogP contribution in [-0.4, -0.2) is 43.8 Å². The van der Waals surface area contributed by atoms with Gasteiger partial charge >= 0.3 is 5.97 Å². The zero-order chi connectivity index (χ0) is 10.1. The average molecular weight is 301 g/mol. The molecular formula is C8H16INO3. The highest BCUT2D eigenvalue weighted by Crippen LogP contribution is 2.00. The molecule has 0 rings (SSSR count). The van der Waals surface area contributed by atoms with E-state index >= 15 is 0 Å². The molecule has 0 aliphatic heterocycles. The van der Waals surface area contributed by atoms with Gasteiger partial charge < -0.3 is 14.8 Å². The van der Waals surface area contributed by atoms with Gasteiger partial charge in [0.05, 0.1) is 7.11 Å². The van der Waals surface area contributed by atoms with Crippen LogP contribution in [0.5, 0.6) is 0 Å². The van der Waals surface area contributed by atoms with Crippen molar-refractivity contribution in [2.24, 2.45) is 0 Å². The Morgan fingerprint density at radius 3 is 2.77 bits per heavy atom. The van der Waals surface area contributed by atoms with Crippen LogP contribution in [-0.2, 0) is 14.3 Å². The van der Waals surface area contributed by atoms with Gasteiger partial charge in [0, 0.05) is 20.3 Å². The zero-order valence-electron chi connectivity index (χ0n) is 8.01. The number of methoxy groups -OCH3 is 2. The van der Waals surface area contributed by atoms with E-state index in [1.165, 1.54) is 7.11 Å². The van der Waals surface area contributed by atoms with E-state index in [-0.39, 0.29) is 9.89 Å². The summed E-state index contributed by atoms with van der Waals surface area (Å²) in [6.45, 7) is 2.26. The maximum absolute atomic E-state index is 10.9. The first-order valence-corrected chi connectivity index (χ1v) is 5.38. The number of hydrogen-bond acceptors (Lipinski definition) is 4. The van der Waals surface area contributed by atoms with Crippen molar-refractivity contribution in [3.05, 3.63) is 0 Å². The van der Waals surface area contributed by atoms with Crippen molar-refractivity contribution < 1.29 is 14.3 Å². The van der Waals surface area contributed by atoms with Crippen LogP contribution < -0.4 is 5.32 Å². The van der Waals surface area contributed by atoms with Gasteiger partial charge in [0.15, 0.2) is 0 Å². The summed E-state index contributed by atoms with van der Waals surface area (Å²) < 4.78 is 9.36. The SMILES string of the molecule is COCCCNCC(I)C(=O)OC. The van der Waals surface area contributed by atoms with E-state index in [4.69, 9.17) is 4.74 Å². The predicted octanol–water partition coefficient (Wildman–Crippen LogP) is 0.589. The number of carbonyl (C=O) groups excluding carboxylic acids is 1. The van der Waals surface area contributed by atoms with Crippen LogP contribution in [0.1, 0.15) is 6.42 Å². The average Bonchev–Trinajstić information content (AvgIpc) is 2.16. The number of carbonyl (C=O) groups is 1. The van der Waals surface area contributed by atoms with E-state index in [1.54, 1.807) is 7.11 Å². The minimum atomic E-state index is -0.181. The summed E-state index contributed by atoms with van der Waals surface area (Å²) in [5, 5.41) is 3.15. The van der Waals surface area contributed by atoms with Crippen LogP contribution >= 0.6 is 22.6 Å². The highest BCUT2D eigenvalue weighted by molar-refractivity contribution is 14.1. The molecule has 0 saturated carbocycles. The summed E-state index contributed by atoms with van der Waals surface area (Å²) in [6, 6.07) is 0. The van der Waals surface area contributed by atoms with Crippen molar-refractivity contribution in [1.29, 1.82) is 0 Å². The van der Waals surface area contributed by atoms with Crippen molar-refractivity contribution >= 4 is 28.6 Å². The van der Waals surface area contributed by atoms with Crippen molar-refractivity contribution in [2.45, 2.75) is 10.3 Å². The first kappa shape index (κ1) is 13.1. The Kier molecular flexibility index (Phi) is 8.79. The van der Waals surface area contributed by atoms with Crippen LogP contribution in [0.2, 0.25) is 0 Å². The number of rotatable bonds is 7. The minimum absolute atomic E-state index is 0.106. The molecule has 0 fully saturated rings. The lowest BCUT2D eigenvalue weighted by Crippen LogP contribution is -2.30. The normalized spacial score (nSPS) is 12.5. The summed E-state index contributed by atoms with van der Waals surface area (Å²) in [7, 11) is 3.08. The third-order valence-corrected chi connectivity index (χ3v) is 2.43. The smallest absolute Gasteiger partial charge is 0.319 e. The molecular weight excluding hydrogens is 285 g/mol. The lowest BCUT2D eigenvalue weighted by molar-refractivity contribution is -0.139. The number of halogens is 1. The highest BCUT2D eigenvalue weighted by Gasteiger charge is 2.13. The lowest BCUT2D eigenvalue weighted by Gasteiger charge is -2.08. The highest BCUT2D eigenvalue weighted by atomic mass is 127. The molecule has 0 aliphatic rings. The Morgan fingerprint density at radius 2 is 2.23 bits per heavy atom. The second-order valence-corrected chi connectivity index (χ2v) is 4.04. The Balaban J connectivity index is 3.26.